The van der Waals surface area contributed by atoms with Gasteiger partial charge in [0.05, 0.1) is 5.92 Å². The summed E-state index contributed by atoms with van der Waals surface area (Å²) in [5.41, 5.74) is 1.07. The van der Waals surface area contributed by atoms with Crippen molar-refractivity contribution in [2.75, 3.05) is 0 Å². The zero-order valence-electron chi connectivity index (χ0n) is 10.5. The van der Waals surface area contributed by atoms with Gasteiger partial charge in [0.2, 0.25) is 0 Å². The predicted octanol–water partition coefficient (Wildman–Crippen LogP) is 3.84. The Hall–Kier alpha value is -0.580. The molecule has 0 saturated heterocycles. The van der Waals surface area contributed by atoms with E-state index in [0.29, 0.717) is 6.04 Å². The molecule has 1 fully saturated rings. The first-order valence-electron chi connectivity index (χ1n) is 6.46. The van der Waals surface area contributed by atoms with E-state index in [1.807, 2.05) is 18.2 Å². The predicted molar refractivity (Wildman–Crippen MR) is 79.4 cm³/mol. The average molecular weight is 347 g/mol. The van der Waals surface area contributed by atoms with Crippen LogP contribution in [0.4, 0.5) is 0 Å². The highest BCUT2D eigenvalue weighted by atomic mass is 79.9. The molecule has 1 saturated carbocycles. The van der Waals surface area contributed by atoms with Crippen molar-refractivity contribution in [2.24, 2.45) is 5.92 Å². The van der Waals surface area contributed by atoms with Crippen molar-refractivity contribution >= 4 is 33.5 Å². The van der Waals surface area contributed by atoms with E-state index in [9.17, 15) is 4.79 Å². The maximum absolute atomic E-state index is 10.9. The molecule has 2 rings (SSSR count). The first kappa shape index (κ1) is 14.8. The van der Waals surface area contributed by atoms with Crippen molar-refractivity contribution in [1.82, 2.24) is 5.32 Å². The molecule has 0 unspecified atom stereocenters. The fraction of sp³-hybridized carbons (Fsp3) is 0.500. The highest BCUT2D eigenvalue weighted by molar-refractivity contribution is 9.10. The summed E-state index contributed by atoms with van der Waals surface area (Å²) in [7, 11) is 0. The Balaban J connectivity index is 1.82. The molecule has 0 heterocycles. The molecule has 2 N–H and O–H groups in total. The fourth-order valence-electron chi connectivity index (χ4n) is 2.46. The van der Waals surface area contributed by atoms with Gasteiger partial charge in [-0.1, -0.05) is 33.6 Å². The first-order chi connectivity index (χ1) is 9.06. The number of halogens is 2. The Morgan fingerprint density at radius 1 is 1.37 bits per heavy atom. The smallest absolute Gasteiger partial charge is 0.306 e. The van der Waals surface area contributed by atoms with Gasteiger partial charge in [-0.3, -0.25) is 4.79 Å². The topological polar surface area (TPSA) is 49.3 Å². The highest BCUT2D eigenvalue weighted by Gasteiger charge is 2.25. The van der Waals surface area contributed by atoms with Crippen LogP contribution in [0, 0.1) is 5.92 Å². The quantitative estimate of drug-likeness (QED) is 0.871. The van der Waals surface area contributed by atoms with Crippen molar-refractivity contribution in [2.45, 2.75) is 38.3 Å². The molecular weight excluding hydrogens is 330 g/mol. The molecule has 1 aliphatic carbocycles. The zero-order chi connectivity index (χ0) is 13.8. The Bertz CT molecular complexity index is 459. The second-order valence-corrected chi connectivity index (χ2v) is 6.33. The number of rotatable bonds is 4. The van der Waals surface area contributed by atoms with Crippen LogP contribution in [0.5, 0.6) is 0 Å². The minimum absolute atomic E-state index is 0.158. The summed E-state index contributed by atoms with van der Waals surface area (Å²) in [6.45, 7) is 0.731. The number of carbonyl (C=O) groups is 1. The number of nitrogens with one attached hydrogen (secondary N) is 1. The Labute approximate surface area is 126 Å². The molecule has 1 aliphatic rings. The van der Waals surface area contributed by atoms with Crippen molar-refractivity contribution in [3.8, 4) is 0 Å². The Morgan fingerprint density at radius 3 is 2.63 bits per heavy atom. The molecule has 3 nitrogen and oxygen atoms in total. The third kappa shape index (κ3) is 4.20. The van der Waals surface area contributed by atoms with Crippen LogP contribution >= 0.6 is 27.5 Å². The van der Waals surface area contributed by atoms with Gasteiger partial charge in [-0.2, -0.15) is 0 Å². The maximum atomic E-state index is 10.9. The Kier molecular flexibility index (Phi) is 5.25. The van der Waals surface area contributed by atoms with E-state index >= 15 is 0 Å². The molecule has 0 amide bonds. The lowest BCUT2D eigenvalue weighted by Gasteiger charge is -2.27. The lowest BCUT2D eigenvalue weighted by atomic mass is 9.86. The number of carboxylic acid groups (broad SMARTS) is 1. The summed E-state index contributed by atoms with van der Waals surface area (Å²) in [6, 6.07) is 6.27. The standard InChI is InChI=1S/C14H17BrClNO2/c15-11-4-1-10(13(16)7-11)8-17-12-5-2-9(3-6-12)14(18)19/h1,4,7,9,12,17H,2-3,5-6,8H2,(H,18,19). The van der Waals surface area contributed by atoms with E-state index in [0.717, 1.165) is 47.3 Å². The van der Waals surface area contributed by atoms with E-state index in [2.05, 4.69) is 21.2 Å². The summed E-state index contributed by atoms with van der Waals surface area (Å²) in [6.07, 6.45) is 3.37. The van der Waals surface area contributed by atoms with E-state index in [-0.39, 0.29) is 5.92 Å². The normalized spacial score (nSPS) is 23.3. The first-order valence-corrected chi connectivity index (χ1v) is 7.63. The molecule has 0 bridgehead atoms. The number of aliphatic carboxylic acids is 1. The molecule has 0 aliphatic heterocycles. The maximum Gasteiger partial charge on any atom is 0.306 e. The molecule has 0 radical (unpaired) electrons. The van der Waals surface area contributed by atoms with E-state index < -0.39 is 5.97 Å². The van der Waals surface area contributed by atoms with Gasteiger partial charge in [0.15, 0.2) is 0 Å². The van der Waals surface area contributed by atoms with Crippen LogP contribution in [0.2, 0.25) is 5.02 Å². The lowest BCUT2D eigenvalue weighted by Crippen LogP contribution is -2.34. The molecule has 104 valence electrons. The van der Waals surface area contributed by atoms with E-state index in [1.165, 1.54) is 0 Å². The SMILES string of the molecule is O=C(O)C1CCC(NCc2ccc(Br)cc2Cl)CC1. The van der Waals surface area contributed by atoms with Crippen molar-refractivity contribution in [1.29, 1.82) is 0 Å². The average Bonchev–Trinajstić information content (AvgIpc) is 2.38. The third-order valence-electron chi connectivity index (χ3n) is 3.67. The molecule has 5 heteroatoms. The Morgan fingerprint density at radius 2 is 2.05 bits per heavy atom. The lowest BCUT2D eigenvalue weighted by molar-refractivity contribution is -0.142. The summed E-state index contributed by atoms with van der Waals surface area (Å²) in [5, 5.41) is 13.2. The number of carboxylic acids is 1. The summed E-state index contributed by atoms with van der Waals surface area (Å²) >= 11 is 9.55. The third-order valence-corrected chi connectivity index (χ3v) is 4.52. The van der Waals surface area contributed by atoms with Gasteiger partial charge >= 0.3 is 5.97 Å². The summed E-state index contributed by atoms with van der Waals surface area (Å²) in [5.74, 6) is -0.816. The minimum atomic E-state index is -0.658. The van der Waals surface area contributed by atoms with Gasteiger partial charge in [0.1, 0.15) is 0 Å². The molecule has 1 aromatic carbocycles. The van der Waals surface area contributed by atoms with Gasteiger partial charge in [-0.05, 0) is 43.4 Å². The number of hydrogen-bond acceptors (Lipinski definition) is 2. The second-order valence-electron chi connectivity index (χ2n) is 5.00. The minimum Gasteiger partial charge on any atom is -0.481 e. The molecule has 0 aromatic heterocycles. The van der Waals surface area contributed by atoms with Crippen LogP contribution in [0.25, 0.3) is 0 Å². The molecule has 1 aromatic rings. The summed E-state index contributed by atoms with van der Waals surface area (Å²) < 4.78 is 0.975. The van der Waals surface area contributed by atoms with Crippen LogP contribution < -0.4 is 5.32 Å². The van der Waals surface area contributed by atoms with Gasteiger partial charge in [0.25, 0.3) is 0 Å². The van der Waals surface area contributed by atoms with Crippen LogP contribution in [0.15, 0.2) is 22.7 Å². The zero-order valence-corrected chi connectivity index (χ0v) is 12.9. The number of hydrogen-bond donors (Lipinski definition) is 2. The van der Waals surface area contributed by atoms with Crippen LogP contribution in [0.1, 0.15) is 31.2 Å². The molecule has 0 spiro atoms. The van der Waals surface area contributed by atoms with Crippen molar-refractivity contribution in [3.05, 3.63) is 33.3 Å². The van der Waals surface area contributed by atoms with Crippen molar-refractivity contribution < 1.29 is 9.90 Å². The molecule has 0 atom stereocenters. The van der Waals surface area contributed by atoms with Crippen LogP contribution in [0.3, 0.4) is 0 Å². The second kappa shape index (κ2) is 6.73. The van der Waals surface area contributed by atoms with Gasteiger partial charge in [-0.25, -0.2) is 0 Å². The summed E-state index contributed by atoms with van der Waals surface area (Å²) in [4.78, 5) is 10.9. The van der Waals surface area contributed by atoms with Crippen LogP contribution in [-0.4, -0.2) is 17.1 Å². The number of benzene rings is 1. The van der Waals surface area contributed by atoms with E-state index in [4.69, 9.17) is 16.7 Å². The van der Waals surface area contributed by atoms with Gasteiger partial charge < -0.3 is 10.4 Å². The molecular formula is C14H17BrClNO2. The monoisotopic (exact) mass is 345 g/mol. The van der Waals surface area contributed by atoms with Crippen LogP contribution in [-0.2, 0) is 11.3 Å². The largest absolute Gasteiger partial charge is 0.481 e. The van der Waals surface area contributed by atoms with Crippen molar-refractivity contribution in [3.63, 3.8) is 0 Å². The van der Waals surface area contributed by atoms with Gasteiger partial charge in [-0.15, -0.1) is 0 Å². The van der Waals surface area contributed by atoms with Gasteiger partial charge in [0, 0.05) is 22.1 Å². The fourth-order valence-corrected chi connectivity index (χ4v) is 3.20. The highest BCUT2D eigenvalue weighted by Crippen LogP contribution is 2.26. The molecule has 19 heavy (non-hydrogen) atoms. The van der Waals surface area contributed by atoms with E-state index in [1.54, 1.807) is 0 Å².